The molecule has 16 heteroatoms. The largest absolute Gasteiger partial charge is 0.504 e. The Balaban J connectivity index is 0.000000839. The van der Waals surface area contributed by atoms with Crippen LogP contribution in [0.15, 0.2) is 97.1 Å². The standard InChI is InChI=1S/C54H58N2O10.2C4H10O2/c1-5-21-63-49-33-13-9-14-34(49)26-38-30-42(56-54(62)44-18-12-20-46(58)48(44)60)32-40(52(38)66-24-8-4)28-36-16-10-15-35(50(36)64-22-6-2)27-39-31-41(29-37(25-33)51(39)65-23-7-3)55-53(61)43-17-11-19-45(57)47(43)59;2*5-3-1-2-4-6/h9-20,29-32,57-60H,5-8,21-28H2,1-4H3,(H,55,61)(H,56,62);2*5-6H,1-4H2. The summed E-state index contributed by atoms with van der Waals surface area (Å²) in [7, 11) is 0. The molecule has 1 aliphatic rings. The topological polar surface area (TPSA) is 257 Å². The summed E-state index contributed by atoms with van der Waals surface area (Å²) in [4.78, 5) is 27.6. The highest BCUT2D eigenvalue weighted by atomic mass is 16.5. The molecule has 8 bridgehead atoms. The lowest BCUT2D eigenvalue weighted by atomic mass is 9.90. The molecule has 0 aliphatic heterocycles. The molecule has 78 heavy (non-hydrogen) atoms. The van der Waals surface area contributed by atoms with E-state index < -0.39 is 34.8 Å². The molecular weight excluding hydrogens is 997 g/mol. The van der Waals surface area contributed by atoms with Crippen molar-refractivity contribution in [3.63, 3.8) is 0 Å². The molecule has 0 saturated carbocycles. The fourth-order valence-electron chi connectivity index (χ4n) is 8.66. The second-order valence-electron chi connectivity index (χ2n) is 18.7. The van der Waals surface area contributed by atoms with Crippen LogP contribution in [0.5, 0.6) is 46.0 Å². The number of hydrogen-bond donors (Lipinski definition) is 10. The highest BCUT2D eigenvalue weighted by molar-refractivity contribution is 6.07. The number of aromatic hydroxyl groups is 4. The Kier molecular flexibility index (Phi) is 25.4. The van der Waals surface area contributed by atoms with Crippen LogP contribution in [0, 0.1) is 0 Å². The highest BCUT2D eigenvalue weighted by Crippen LogP contribution is 2.42. The molecule has 7 rings (SSSR count). The van der Waals surface area contributed by atoms with Crippen molar-refractivity contribution in [2.24, 2.45) is 0 Å². The van der Waals surface area contributed by atoms with E-state index in [0.717, 1.165) is 95.9 Å². The number of carbonyl (C=O) groups excluding carboxylic acids is 2. The maximum atomic E-state index is 13.8. The molecule has 0 saturated heterocycles. The number of aliphatic hydroxyl groups is 4. The van der Waals surface area contributed by atoms with Gasteiger partial charge in [0.25, 0.3) is 11.8 Å². The number of phenolic OH excluding ortho intramolecular Hbond substituents is 4. The fraction of sp³-hybridized carbons (Fsp3) is 0.387. The normalized spacial score (nSPS) is 11.5. The van der Waals surface area contributed by atoms with E-state index in [-0.39, 0.29) is 37.6 Å². The first-order valence-electron chi connectivity index (χ1n) is 27.0. The minimum Gasteiger partial charge on any atom is -0.504 e. The van der Waals surface area contributed by atoms with Gasteiger partial charge >= 0.3 is 0 Å². The molecule has 0 fully saturated rings. The van der Waals surface area contributed by atoms with Crippen LogP contribution in [-0.2, 0) is 25.7 Å². The van der Waals surface area contributed by atoms with Crippen LogP contribution in [0.1, 0.15) is 144 Å². The molecule has 0 radical (unpaired) electrons. The van der Waals surface area contributed by atoms with Gasteiger partial charge in [0, 0.05) is 85.7 Å². The Morgan fingerprint density at radius 3 is 0.910 bits per heavy atom. The molecule has 1 aliphatic carbocycles. The van der Waals surface area contributed by atoms with Gasteiger partial charge in [-0.2, -0.15) is 0 Å². The summed E-state index contributed by atoms with van der Waals surface area (Å²) < 4.78 is 26.6. The summed E-state index contributed by atoms with van der Waals surface area (Å²) in [5.41, 5.74) is 7.49. The van der Waals surface area contributed by atoms with Crippen molar-refractivity contribution in [3.05, 3.63) is 153 Å². The van der Waals surface area contributed by atoms with Crippen molar-refractivity contribution in [1.29, 1.82) is 0 Å². The second-order valence-corrected chi connectivity index (χ2v) is 18.7. The predicted molar refractivity (Wildman–Crippen MR) is 302 cm³/mol. The van der Waals surface area contributed by atoms with Crippen LogP contribution in [0.3, 0.4) is 0 Å². The van der Waals surface area contributed by atoms with Crippen molar-refractivity contribution in [1.82, 2.24) is 0 Å². The lowest BCUT2D eigenvalue weighted by Gasteiger charge is -2.24. The van der Waals surface area contributed by atoms with E-state index >= 15 is 0 Å². The lowest BCUT2D eigenvalue weighted by Crippen LogP contribution is -2.15. The summed E-state index contributed by atoms with van der Waals surface area (Å²) in [5.74, 6) is -0.266. The van der Waals surface area contributed by atoms with Gasteiger partial charge in [-0.15, -0.1) is 0 Å². The first kappa shape index (κ1) is 61.4. The molecule has 420 valence electrons. The van der Waals surface area contributed by atoms with Gasteiger partial charge in [0.1, 0.15) is 23.0 Å². The number of amides is 2. The van der Waals surface area contributed by atoms with Crippen LogP contribution in [0.25, 0.3) is 0 Å². The van der Waals surface area contributed by atoms with Crippen molar-refractivity contribution in [2.45, 2.75) is 105 Å². The summed E-state index contributed by atoms with van der Waals surface area (Å²) >= 11 is 0. The predicted octanol–water partition coefficient (Wildman–Crippen LogP) is 10.3. The van der Waals surface area contributed by atoms with Gasteiger partial charge in [-0.25, -0.2) is 0 Å². The van der Waals surface area contributed by atoms with E-state index in [1.807, 2.05) is 74.5 Å². The average molecular weight is 1080 g/mol. The number of unbranched alkanes of at least 4 members (excludes halogenated alkanes) is 2. The van der Waals surface area contributed by atoms with Gasteiger partial charge in [0.05, 0.1) is 37.6 Å². The quantitative estimate of drug-likeness (QED) is 0.0224. The number of nitrogens with one attached hydrogen (secondary N) is 2. The Labute approximate surface area is 457 Å². The maximum absolute atomic E-state index is 13.8. The Hall–Kier alpha value is -7.50. The third-order valence-electron chi connectivity index (χ3n) is 12.3. The van der Waals surface area contributed by atoms with Gasteiger partial charge in [-0.1, -0.05) is 76.2 Å². The summed E-state index contributed by atoms with van der Waals surface area (Å²) in [6.07, 6.45) is 7.31. The third kappa shape index (κ3) is 17.3. The van der Waals surface area contributed by atoms with Crippen LogP contribution in [0.4, 0.5) is 11.4 Å². The van der Waals surface area contributed by atoms with E-state index in [0.29, 0.717) is 86.5 Å². The fourth-order valence-corrected chi connectivity index (χ4v) is 8.66. The second kappa shape index (κ2) is 32.3. The summed E-state index contributed by atoms with van der Waals surface area (Å²) in [6, 6.07) is 28.1. The number of para-hydroxylation sites is 4. The molecule has 6 aromatic rings. The van der Waals surface area contributed by atoms with E-state index in [1.54, 1.807) is 0 Å². The maximum Gasteiger partial charge on any atom is 0.259 e. The monoisotopic (exact) mass is 1070 g/mol. The van der Waals surface area contributed by atoms with E-state index in [9.17, 15) is 30.0 Å². The molecule has 0 unspecified atom stereocenters. The van der Waals surface area contributed by atoms with Crippen molar-refractivity contribution >= 4 is 23.2 Å². The molecule has 0 spiro atoms. The Morgan fingerprint density at radius 2 is 0.654 bits per heavy atom. The number of fused-ring (bicyclic) bond motifs is 8. The van der Waals surface area contributed by atoms with Crippen LogP contribution in [-0.4, -0.2) is 106 Å². The van der Waals surface area contributed by atoms with Crippen molar-refractivity contribution < 1.29 is 69.4 Å². The zero-order chi connectivity index (χ0) is 56.4. The summed E-state index contributed by atoms with van der Waals surface area (Å²) in [6.45, 7) is 10.8. The molecule has 0 heterocycles. The first-order valence-corrected chi connectivity index (χ1v) is 27.0. The van der Waals surface area contributed by atoms with Crippen molar-refractivity contribution in [2.75, 3.05) is 63.5 Å². The first-order chi connectivity index (χ1) is 37.9. The van der Waals surface area contributed by atoms with Crippen LogP contribution in [0.2, 0.25) is 0 Å². The number of anilines is 2. The zero-order valence-electron chi connectivity index (χ0n) is 45.4. The van der Waals surface area contributed by atoms with Gasteiger partial charge < -0.3 is 70.4 Å². The van der Waals surface area contributed by atoms with E-state index in [2.05, 4.69) is 24.5 Å². The summed E-state index contributed by atoms with van der Waals surface area (Å²) in [5, 5.41) is 80.0. The molecule has 2 amide bonds. The minimum absolute atomic E-state index is 0.0736. The third-order valence-corrected chi connectivity index (χ3v) is 12.3. The molecular formula is C62H78N2O14. The molecule has 6 aromatic carbocycles. The van der Waals surface area contributed by atoms with Crippen molar-refractivity contribution in [3.8, 4) is 46.0 Å². The van der Waals surface area contributed by atoms with Gasteiger partial charge in [-0.05, 0) is 122 Å². The van der Waals surface area contributed by atoms with E-state index in [1.165, 1.54) is 36.4 Å². The number of carbonyl (C=O) groups is 2. The molecule has 16 nitrogen and oxygen atoms in total. The number of aliphatic hydroxyl groups excluding tert-OH is 4. The number of phenols is 4. The molecule has 10 N–H and O–H groups in total. The number of rotatable bonds is 22. The van der Waals surface area contributed by atoms with Gasteiger partial charge in [0.2, 0.25) is 0 Å². The zero-order valence-corrected chi connectivity index (χ0v) is 45.4. The number of benzene rings is 6. The Bertz CT molecular complexity index is 2580. The lowest BCUT2D eigenvalue weighted by molar-refractivity contribution is 0.101. The van der Waals surface area contributed by atoms with Crippen LogP contribution < -0.4 is 29.6 Å². The van der Waals surface area contributed by atoms with Gasteiger partial charge in [-0.3, -0.25) is 9.59 Å². The number of ether oxygens (including phenoxy) is 4. The van der Waals surface area contributed by atoms with Crippen LogP contribution >= 0.6 is 0 Å². The Morgan fingerprint density at radius 1 is 0.397 bits per heavy atom. The molecule has 0 aromatic heterocycles. The average Bonchev–Trinajstić information content (AvgIpc) is 3.43. The smallest absolute Gasteiger partial charge is 0.259 e. The molecule has 0 atom stereocenters. The minimum atomic E-state index is -0.593. The van der Waals surface area contributed by atoms with E-state index in [4.69, 9.17) is 39.4 Å². The highest BCUT2D eigenvalue weighted by Gasteiger charge is 2.25. The SMILES string of the molecule is CCCOc1c2cccc1Cc1cc(NC(=O)c3cccc(O)c3O)cc(c1OCCC)Cc1cccc(c1OCCC)Cc1cc(NC(=O)c3cccc(O)c3O)cc(c1OCCC)C2.OCCCCO.OCCCCO. The number of hydrogen-bond acceptors (Lipinski definition) is 14. The van der Waals surface area contributed by atoms with Gasteiger partial charge in [0.15, 0.2) is 23.0 Å².